The molecule has 1 aromatic heterocycles. The third-order valence-corrected chi connectivity index (χ3v) is 2.31. The van der Waals surface area contributed by atoms with Crippen molar-refractivity contribution in [3.8, 4) is 11.8 Å². The summed E-state index contributed by atoms with van der Waals surface area (Å²) >= 11 is 0. The highest BCUT2D eigenvalue weighted by Crippen LogP contribution is 2.06. The van der Waals surface area contributed by atoms with Crippen LogP contribution in [0.2, 0.25) is 0 Å². The van der Waals surface area contributed by atoms with Gasteiger partial charge >= 0.3 is 12.1 Å². The number of aliphatic carboxylic acids is 1. The molecule has 0 unspecified atom stereocenters. The van der Waals surface area contributed by atoms with Gasteiger partial charge in [0.1, 0.15) is 5.60 Å². The summed E-state index contributed by atoms with van der Waals surface area (Å²) in [5.41, 5.74) is 0.676. The van der Waals surface area contributed by atoms with E-state index in [4.69, 9.17) is 9.84 Å². The Bertz CT molecular complexity index is 577. The molecule has 0 bridgehead atoms. The number of hydrogen-bond acceptors (Lipinski definition) is 4. The fourth-order valence-electron chi connectivity index (χ4n) is 1.46. The van der Waals surface area contributed by atoms with E-state index in [9.17, 15) is 9.59 Å². The number of alkyl carbamates (subject to hydrolysis) is 1. The van der Waals surface area contributed by atoms with Crippen LogP contribution in [0.1, 0.15) is 38.4 Å². The van der Waals surface area contributed by atoms with Gasteiger partial charge in [0.05, 0.1) is 12.1 Å². The summed E-state index contributed by atoms with van der Waals surface area (Å²) in [6.07, 6.45) is 1.45. The van der Waals surface area contributed by atoms with Crippen LogP contribution in [0.15, 0.2) is 18.3 Å². The summed E-state index contributed by atoms with van der Waals surface area (Å²) in [6, 6.07) is 3.36. The van der Waals surface area contributed by atoms with E-state index in [0.717, 1.165) is 0 Å². The molecule has 0 aliphatic carbocycles. The maximum Gasteiger partial charge on any atom is 0.407 e. The van der Waals surface area contributed by atoms with Gasteiger partial charge in [-0.25, -0.2) is 4.79 Å². The maximum absolute atomic E-state index is 11.4. The number of carbonyl (C=O) groups excluding carboxylic acids is 1. The molecule has 1 amide bonds. The number of pyridine rings is 1. The first-order chi connectivity index (χ1) is 10.3. The maximum atomic E-state index is 11.4. The SMILES string of the molecule is CC(C)(C)OC(=O)NCCC#Cc1ccc(CC(=O)O)nc1. The van der Waals surface area contributed by atoms with Crippen LogP contribution in [0.4, 0.5) is 4.79 Å². The van der Waals surface area contributed by atoms with Crippen molar-refractivity contribution in [1.29, 1.82) is 0 Å². The summed E-state index contributed by atoms with van der Waals surface area (Å²) in [7, 11) is 0. The van der Waals surface area contributed by atoms with Crippen molar-refractivity contribution >= 4 is 12.1 Å². The van der Waals surface area contributed by atoms with E-state index in [2.05, 4.69) is 22.1 Å². The Kier molecular flexibility index (Phi) is 6.39. The minimum absolute atomic E-state index is 0.104. The number of aromatic nitrogens is 1. The zero-order valence-electron chi connectivity index (χ0n) is 13.0. The number of hydrogen-bond donors (Lipinski definition) is 2. The predicted molar refractivity (Wildman–Crippen MR) is 81.3 cm³/mol. The average molecular weight is 304 g/mol. The topological polar surface area (TPSA) is 88.5 Å². The summed E-state index contributed by atoms with van der Waals surface area (Å²) in [5, 5.41) is 11.3. The highest BCUT2D eigenvalue weighted by atomic mass is 16.6. The second-order valence-corrected chi connectivity index (χ2v) is 5.59. The molecule has 2 N–H and O–H groups in total. The van der Waals surface area contributed by atoms with E-state index in [0.29, 0.717) is 24.2 Å². The Labute approximate surface area is 129 Å². The molecule has 0 aliphatic rings. The summed E-state index contributed by atoms with van der Waals surface area (Å²) < 4.78 is 5.09. The number of nitrogens with zero attached hydrogens (tertiary/aromatic N) is 1. The van der Waals surface area contributed by atoms with Crippen LogP contribution in [0, 0.1) is 11.8 Å². The van der Waals surface area contributed by atoms with Crippen LogP contribution < -0.4 is 5.32 Å². The molecular weight excluding hydrogens is 284 g/mol. The number of carboxylic acid groups (broad SMARTS) is 1. The average Bonchev–Trinajstić information content (AvgIpc) is 2.37. The van der Waals surface area contributed by atoms with Gasteiger partial charge in [0.2, 0.25) is 0 Å². The summed E-state index contributed by atoms with van der Waals surface area (Å²) in [5.74, 6) is 4.88. The molecule has 0 saturated carbocycles. The van der Waals surface area contributed by atoms with E-state index in [1.54, 1.807) is 32.9 Å². The number of rotatable bonds is 4. The van der Waals surface area contributed by atoms with Gasteiger partial charge in [0.25, 0.3) is 0 Å². The number of carbonyl (C=O) groups is 2. The molecule has 118 valence electrons. The molecule has 22 heavy (non-hydrogen) atoms. The van der Waals surface area contributed by atoms with Crippen LogP contribution in [0.25, 0.3) is 0 Å². The molecule has 6 heteroatoms. The van der Waals surface area contributed by atoms with E-state index in [-0.39, 0.29) is 6.42 Å². The summed E-state index contributed by atoms with van der Waals surface area (Å²) in [4.78, 5) is 25.9. The quantitative estimate of drug-likeness (QED) is 0.656. The lowest BCUT2D eigenvalue weighted by molar-refractivity contribution is -0.136. The van der Waals surface area contributed by atoms with Crippen molar-refractivity contribution in [3.05, 3.63) is 29.6 Å². The molecule has 0 aromatic carbocycles. The van der Waals surface area contributed by atoms with E-state index >= 15 is 0 Å². The molecule has 0 aliphatic heterocycles. The standard InChI is InChI=1S/C16H20N2O4/c1-16(2,3)22-15(21)17-9-5-4-6-12-7-8-13(18-11-12)10-14(19)20/h7-8,11H,5,9-10H2,1-3H3,(H,17,21)(H,19,20). The number of carboxylic acids is 1. The molecule has 6 nitrogen and oxygen atoms in total. The second-order valence-electron chi connectivity index (χ2n) is 5.59. The third kappa shape index (κ3) is 7.90. The molecule has 0 fully saturated rings. The van der Waals surface area contributed by atoms with Crippen molar-refractivity contribution in [2.75, 3.05) is 6.54 Å². The Morgan fingerprint density at radius 3 is 2.64 bits per heavy atom. The van der Waals surface area contributed by atoms with Gasteiger partial charge in [-0.2, -0.15) is 0 Å². The fraction of sp³-hybridized carbons (Fsp3) is 0.438. The Hall–Kier alpha value is -2.55. The Balaban J connectivity index is 2.35. The van der Waals surface area contributed by atoms with E-state index in [1.807, 2.05) is 0 Å². The molecule has 0 spiro atoms. The van der Waals surface area contributed by atoms with Crippen LogP contribution in [-0.2, 0) is 16.0 Å². The van der Waals surface area contributed by atoms with Crippen LogP contribution in [0.3, 0.4) is 0 Å². The summed E-state index contributed by atoms with van der Waals surface area (Å²) in [6.45, 7) is 5.79. The minimum Gasteiger partial charge on any atom is -0.481 e. The first-order valence-electron chi connectivity index (χ1n) is 6.89. The Morgan fingerprint density at radius 2 is 2.09 bits per heavy atom. The lowest BCUT2D eigenvalue weighted by Crippen LogP contribution is -2.32. The minimum atomic E-state index is -0.917. The van der Waals surface area contributed by atoms with Gasteiger partial charge in [-0.3, -0.25) is 9.78 Å². The van der Waals surface area contributed by atoms with Gasteiger partial charge in [-0.15, -0.1) is 0 Å². The number of amides is 1. The van der Waals surface area contributed by atoms with Crippen molar-refractivity contribution in [2.45, 2.75) is 39.2 Å². The van der Waals surface area contributed by atoms with Gasteiger partial charge < -0.3 is 15.2 Å². The van der Waals surface area contributed by atoms with E-state index < -0.39 is 17.7 Å². The fourth-order valence-corrected chi connectivity index (χ4v) is 1.46. The molecule has 1 rings (SSSR count). The van der Waals surface area contributed by atoms with Crippen molar-refractivity contribution in [2.24, 2.45) is 0 Å². The molecule has 0 saturated heterocycles. The second kappa shape index (κ2) is 8.03. The van der Waals surface area contributed by atoms with Gasteiger partial charge in [0.15, 0.2) is 0 Å². The lowest BCUT2D eigenvalue weighted by Gasteiger charge is -2.19. The van der Waals surface area contributed by atoms with Crippen molar-refractivity contribution < 1.29 is 19.4 Å². The molecular formula is C16H20N2O4. The third-order valence-electron chi connectivity index (χ3n) is 2.31. The predicted octanol–water partition coefficient (Wildman–Crippen LogP) is 1.98. The molecule has 1 aromatic rings. The highest BCUT2D eigenvalue weighted by molar-refractivity contribution is 5.69. The molecule has 1 heterocycles. The zero-order chi connectivity index (χ0) is 16.6. The van der Waals surface area contributed by atoms with E-state index in [1.165, 1.54) is 6.20 Å². The van der Waals surface area contributed by atoms with Crippen molar-refractivity contribution in [1.82, 2.24) is 10.3 Å². The van der Waals surface area contributed by atoms with Gasteiger partial charge in [-0.05, 0) is 32.9 Å². The molecule has 0 atom stereocenters. The zero-order valence-corrected chi connectivity index (χ0v) is 13.0. The smallest absolute Gasteiger partial charge is 0.407 e. The van der Waals surface area contributed by atoms with Gasteiger partial charge in [0, 0.05) is 24.7 Å². The first-order valence-corrected chi connectivity index (χ1v) is 6.89. The number of nitrogens with one attached hydrogen (secondary N) is 1. The monoisotopic (exact) mass is 304 g/mol. The van der Waals surface area contributed by atoms with Crippen LogP contribution in [-0.4, -0.2) is 34.3 Å². The van der Waals surface area contributed by atoms with Gasteiger partial charge in [-0.1, -0.05) is 11.8 Å². The van der Waals surface area contributed by atoms with Crippen LogP contribution >= 0.6 is 0 Å². The molecule has 0 radical (unpaired) electrons. The largest absolute Gasteiger partial charge is 0.481 e. The van der Waals surface area contributed by atoms with Crippen LogP contribution in [0.5, 0.6) is 0 Å². The number of ether oxygens (including phenoxy) is 1. The highest BCUT2D eigenvalue weighted by Gasteiger charge is 2.15. The van der Waals surface area contributed by atoms with Crippen molar-refractivity contribution in [3.63, 3.8) is 0 Å². The normalized spacial score (nSPS) is 10.3. The Morgan fingerprint density at radius 1 is 1.36 bits per heavy atom. The first kappa shape index (κ1) is 17.5. The lowest BCUT2D eigenvalue weighted by atomic mass is 10.2.